The maximum atomic E-state index is 12.1. The van der Waals surface area contributed by atoms with Crippen LogP contribution in [0.5, 0.6) is 0 Å². The third-order valence-electron chi connectivity index (χ3n) is 1.47. The second kappa shape index (κ2) is 14.1. The molecule has 0 spiro atoms. The van der Waals surface area contributed by atoms with Gasteiger partial charge in [-0.25, -0.2) is 4.39 Å². The van der Waals surface area contributed by atoms with Crippen LogP contribution in [0.2, 0.25) is 0 Å². The Morgan fingerprint density at radius 2 is 1.75 bits per heavy atom. The van der Waals surface area contributed by atoms with Gasteiger partial charge in [-0.05, 0) is 25.5 Å². The SMILES string of the molecule is CC.Cc1ccc(F)cc1.O=CCCCCl. The number of benzene rings is 1. The van der Waals surface area contributed by atoms with E-state index in [-0.39, 0.29) is 5.82 Å². The van der Waals surface area contributed by atoms with Crippen molar-refractivity contribution in [3.05, 3.63) is 35.6 Å². The first-order valence-corrected chi connectivity index (χ1v) is 5.96. The third kappa shape index (κ3) is 13.1. The molecule has 0 N–H and O–H groups in total. The minimum absolute atomic E-state index is 0.171. The number of unbranched alkanes of at least 4 members (excludes halogenated alkanes) is 1. The van der Waals surface area contributed by atoms with E-state index in [2.05, 4.69) is 0 Å². The van der Waals surface area contributed by atoms with E-state index in [0.29, 0.717) is 12.3 Å². The van der Waals surface area contributed by atoms with Crippen LogP contribution in [-0.4, -0.2) is 12.2 Å². The lowest BCUT2D eigenvalue weighted by atomic mass is 10.2. The lowest BCUT2D eigenvalue weighted by Gasteiger charge is -1.87. The fraction of sp³-hybridized carbons (Fsp3) is 0.462. The van der Waals surface area contributed by atoms with Crippen LogP contribution in [0.3, 0.4) is 0 Å². The Morgan fingerprint density at radius 3 is 2.00 bits per heavy atom. The summed E-state index contributed by atoms with van der Waals surface area (Å²) in [5.41, 5.74) is 1.09. The first-order chi connectivity index (χ1) is 7.70. The van der Waals surface area contributed by atoms with Gasteiger partial charge < -0.3 is 4.79 Å². The molecule has 0 bridgehead atoms. The van der Waals surface area contributed by atoms with Gasteiger partial charge in [0.05, 0.1) is 0 Å². The highest BCUT2D eigenvalue weighted by Gasteiger charge is 1.83. The Labute approximate surface area is 103 Å². The van der Waals surface area contributed by atoms with Crippen molar-refractivity contribution in [1.82, 2.24) is 0 Å². The van der Waals surface area contributed by atoms with E-state index in [4.69, 9.17) is 11.6 Å². The molecule has 1 aromatic carbocycles. The van der Waals surface area contributed by atoms with Gasteiger partial charge in [0.25, 0.3) is 0 Å². The highest BCUT2D eigenvalue weighted by Crippen LogP contribution is 1.98. The van der Waals surface area contributed by atoms with Crippen molar-refractivity contribution in [2.75, 3.05) is 5.88 Å². The quantitative estimate of drug-likeness (QED) is 0.440. The molecule has 0 aliphatic rings. The second-order valence-electron chi connectivity index (χ2n) is 2.79. The zero-order chi connectivity index (χ0) is 12.8. The van der Waals surface area contributed by atoms with Crippen LogP contribution in [0.25, 0.3) is 0 Å². The van der Waals surface area contributed by atoms with Gasteiger partial charge in [0.15, 0.2) is 0 Å². The first kappa shape index (κ1) is 17.5. The van der Waals surface area contributed by atoms with E-state index in [1.165, 1.54) is 12.1 Å². The maximum absolute atomic E-state index is 12.1. The second-order valence-corrected chi connectivity index (χ2v) is 3.17. The summed E-state index contributed by atoms with van der Waals surface area (Å²) < 4.78 is 12.1. The number of hydrogen-bond acceptors (Lipinski definition) is 1. The minimum atomic E-state index is -0.171. The Balaban J connectivity index is 0. The third-order valence-corrected chi connectivity index (χ3v) is 1.73. The average Bonchev–Trinajstić information content (AvgIpc) is 2.34. The zero-order valence-corrected chi connectivity index (χ0v) is 10.9. The monoisotopic (exact) mass is 246 g/mol. The number of aldehydes is 1. The molecule has 0 saturated heterocycles. The maximum Gasteiger partial charge on any atom is 0.123 e. The number of carbonyl (C=O) groups is 1. The fourth-order valence-electron chi connectivity index (χ4n) is 0.694. The van der Waals surface area contributed by atoms with E-state index in [9.17, 15) is 9.18 Å². The van der Waals surface area contributed by atoms with Gasteiger partial charge in [-0.1, -0.05) is 31.5 Å². The van der Waals surface area contributed by atoms with Gasteiger partial charge in [-0.15, -0.1) is 11.6 Å². The molecule has 0 fully saturated rings. The molecule has 3 heteroatoms. The summed E-state index contributed by atoms with van der Waals surface area (Å²) in [6, 6.07) is 6.40. The number of halogens is 2. The molecule has 16 heavy (non-hydrogen) atoms. The van der Waals surface area contributed by atoms with Crippen LogP contribution in [0, 0.1) is 12.7 Å². The Morgan fingerprint density at radius 1 is 1.25 bits per heavy atom. The molecule has 0 radical (unpaired) electrons. The molecule has 0 unspecified atom stereocenters. The Bertz CT molecular complexity index is 226. The molecule has 0 atom stereocenters. The van der Waals surface area contributed by atoms with Gasteiger partial charge in [-0.3, -0.25) is 0 Å². The molecule has 0 aliphatic carbocycles. The normalized spacial score (nSPS) is 8.06. The number of alkyl halides is 1. The van der Waals surface area contributed by atoms with Crippen LogP contribution >= 0.6 is 11.6 Å². The topological polar surface area (TPSA) is 17.1 Å². The van der Waals surface area contributed by atoms with Crippen LogP contribution in [0.4, 0.5) is 4.39 Å². The summed E-state index contributed by atoms with van der Waals surface area (Å²) >= 11 is 5.22. The van der Waals surface area contributed by atoms with Gasteiger partial charge in [0.1, 0.15) is 12.1 Å². The van der Waals surface area contributed by atoms with Crippen LogP contribution in [0.1, 0.15) is 32.3 Å². The molecule has 0 aromatic heterocycles. The summed E-state index contributed by atoms with van der Waals surface area (Å²) in [6.45, 7) is 5.93. The largest absolute Gasteiger partial charge is 0.303 e. The zero-order valence-electron chi connectivity index (χ0n) is 10.2. The van der Waals surface area contributed by atoms with Crippen molar-refractivity contribution in [2.24, 2.45) is 0 Å². The van der Waals surface area contributed by atoms with Crippen LogP contribution in [-0.2, 0) is 4.79 Å². The number of hydrogen-bond donors (Lipinski definition) is 0. The van der Waals surface area contributed by atoms with Crippen molar-refractivity contribution in [2.45, 2.75) is 33.6 Å². The number of carbonyl (C=O) groups excluding carboxylic acids is 1. The molecule has 92 valence electrons. The molecular weight excluding hydrogens is 227 g/mol. The standard InChI is InChI=1S/C7H7F.C4H7ClO.C2H6/c1-6-2-4-7(8)5-3-6;5-3-1-2-4-6;1-2/h2-5H,1H3;4H,1-3H2;1-2H3. The lowest BCUT2D eigenvalue weighted by molar-refractivity contribution is -0.107. The van der Waals surface area contributed by atoms with Gasteiger partial charge in [0, 0.05) is 12.3 Å². The number of aryl methyl sites for hydroxylation is 1. The summed E-state index contributed by atoms with van der Waals surface area (Å²) in [4.78, 5) is 9.51. The Hall–Kier alpha value is -0.890. The summed E-state index contributed by atoms with van der Waals surface area (Å²) in [5.74, 6) is 0.425. The Kier molecular flexibility index (Phi) is 15.4. The van der Waals surface area contributed by atoms with Gasteiger partial charge in [-0.2, -0.15) is 0 Å². The van der Waals surface area contributed by atoms with Crippen molar-refractivity contribution < 1.29 is 9.18 Å². The molecule has 0 amide bonds. The first-order valence-electron chi connectivity index (χ1n) is 5.42. The molecule has 0 heterocycles. The molecule has 1 aromatic rings. The fourth-order valence-corrected chi connectivity index (χ4v) is 0.848. The predicted octanol–water partition coefficient (Wildman–Crippen LogP) is 4.36. The lowest BCUT2D eigenvalue weighted by Crippen LogP contribution is -1.74. The summed E-state index contributed by atoms with van der Waals surface area (Å²) in [7, 11) is 0. The highest BCUT2D eigenvalue weighted by molar-refractivity contribution is 6.17. The van der Waals surface area contributed by atoms with E-state index in [1.807, 2.05) is 20.8 Å². The average molecular weight is 247 g/mol. The van der Waals surface area contributed by atoms with Crippen molar-refractivity contribution in [1.29, 1.82) is 0 Å². The van der Waals surface area contributed by atoms with Crippen molar-refractivity contribution in [3.63, 3.8) is 0 Å². The smallest absolute Gasteiger partial charge is 0.123 e. The van der Waals surface area contributed by atoms with Gasteiger partial charge in [0.2, 0.25) is 0 Å². The molecule has 1 rings (SSSR count). The van der Waals surface area contributed by atoms with E-state index in [1.54, 1.807) is 12.1 Å². The van der Waals surface area contributed by atoms with E-state index >= 15 is 0 Å². The minimum Gasteiger partial charge on any atom is -0.303 e. The highest BCUT2D eigenvalue weighted by atomic mass is 35.5. The predicted molar refractivity (Wildman–Crippen MR) is 68.5 cm³/mol. The number of rotatable bonds is 3. The molecular formula is C13H20ClFO. The molecule has 0 aliphatic heterocycles. The summed E-state index contributed by atoms with van der Waals surface area (Å²) in [5, 5.41) is 0. The molecule has 1 nitrogen and oxygen atoms in total. The molecule has 0 saturated carbocycles. The van der Waals surface area contributed by atoms with Crippen LogP contribution < -0.4 is 0 Å². The van der Waals surface area contributed by atoms with E-state index in [0.717, 1.165) is 18.3 Å². The van der Waals surface area contributed by atoms with E-state index < -0.39 is 0 Å². The summed E-state index contributed by atoms with van der Waals surface area (Å²) in [6.07, 6.45) is 2.29. The van der Waals surface area contributed by atoms with Gasteiger partial charge >= 0.3 is 0 Å². The van der Waals surface area contributed by atoms with Crippen molar-refractivity contribution in [3.8, 4) is 0 Å². The van der Waals surface area contributed by atoms with Crippen LogP contribution in [0.15, 0.2) is 24.3 Å². The van der Waals surface area contributed by atoms with Crippen molar-refractivity contribution >= 4 is 17.9 Å².